The maximum atomic E-state index is 12.3. The highest BCUT2D eigenvalue weighted by molar-refractivity contribution is 6.08. The molecule has 3 rings (SSSR count). The molecule has 2 aromatic carbocycles. The third-order valence-corrected chi connectivity index (χ3v) is 3.31. The molecule has 0 radical (unpaired) electrons. The SMILES string of the molecule is N=CN.O=C(O)c1c(-c2ccccc2)oc2ccc(OCC(F)(F)F)cc12. The average molecular weight is 380 g/mol. The zero-order valence-corrected chi connectivity index (χ0v) is 13.8. The Labute approximate surface area is 151 Å². The minimum absolute atomic E-state index is 0.0808. The van der Waals surface area contributed by atoms with Gasteiger partial charge in [-0.05, 0) is 18.2 Å². The Kier molecular flexibility index (Phi) is 6.07. The molecule has 0 fully saturated rings. The fourth-order valence-electron chi connectivity index (χ4n) is 2.34. The second-order valence-electron chi connectivity index (χ2n) is 5.21. The van der Waals surface area contributed by atoms with E-state index in [-0.39, 0.29) is 28.0 Å². The van der Waals surface area contributed by atoms with Gasteiger partial charge in [0.25, 0.3) is 0 Å². The van der Waals surface area contributed by atoms with Crippen LogP contribution in [0.1, 0.15) is 10.4 Å². The number of fused-ring (bicyclic) bond motifs is 1. The number of hydrogen-bond donors (Lipinski definition) is 3. The van der Waals surface area contributed by atoms with E-state index < -0.39 is 18.8 Å². The van der Waals surface area contributed by atoms with Gasteiger partial charge < -0.3 is 20.0 Å². The number of nitrogens with two attached hydrogens (primary N) is 1. The molecule has 1 heterocycles. The molecule has 0 amide bonds. The minimum atomic E-state index is -4.48. The Morgan fingerprint density at radius 2 is 1.85 bits per heavy atom. The van der Waals surface area contributed by atoms with E-state index in [1.165, 1.54) is 18.2 Å². The smallest absolute Gasteiger partial charge is 0.422 e. The predicted molar refractivity (Wildman–Crippen MR) is 93.1 cm³/mol. The maximum Gasteiger partial charge on any atom is 0.422 e. The zero-order chi connectivity index (χ0) is 20.0. The normalized spacial score (nSPS) is 10.8. The fourth-order valence-corrected chi connectivity index (χ4v) is 2.34. The number of alkyl halides is 3. The lowest BCUT2D eigenvalue weighted by Crippen LogP contribution is -2.19. The van der Waals surface area contributed by atoms with Crippen molar-refractivity contribution in [3.05, 3.63) is 54.1 Å². The number of carbonyl (C=O) groups is 1. The second kappa shape index (κ2) is 8.26. The molecule has 0 aliphatic heterocycles. The van der Waals surface area contributed by atoms with Gasteiger partial charge in [-0.3, -0.25) is 5.41 Å². The van der Waals surface area contributed by atoms with Crippen molar-refractivity contribution in [2.75, 3.05) is 6.61 Å². The molecule has 0 saturated carbocycles. The van der Waals surface area contributed by atoms with Crippen LogP contribution < -0.4 is 10.5 Å². The molecule has 27 heavy (non-hydrogen) atoms. The number of hydrogen-bond acceptors (Lipinski definition) is 4. The molecule has 0 atom stereocenters. The summed E-state index contributed by atoms with van der Waals surface area (Å²) < 4.78 is 47.0. The van der Waals surface area contributed by atoms with E-state index in [9.17, 15) is 23.1 Å². The fraction of sp³-hybridized carbons (Fsp3) is 0.111. The van der Waals surface area contributed by atoms with Crippen molar-refractivity contribution in [2.24, 2.45) is 5.73 Å². The van der Waals surface area contributed by atoms with Gasteiger partial charge in [-0.15, -0.1) is 0 Å². The first kappa shape index (κ1) is 19.8. The van der Waals surface area contributed by atoms with Crippen molar-refractivity contribution in [1.29, 1.82) is 5.41 Å². The Morgan fingerprint density at radius 1 is 1.22 bits per heavy atom. The van der Waals surface area contributed by atoms with Crippen molar-refractivity contribution in [3.8, 4) is 17.1 Å². The van der Waals surface area contributed by atoms with Crippen molar-refractivity contribution >= 4 is 23.3 Å². The topological polar surface area (TPSA) is 110 Å². The molecule has 0 bridgehead atoms. The lowest BCUT2D eigenvalue weighted by Gasteiger charge is -2.08. The lowest BCUT2D eigenvalue weighted by atomic mass is 10.1. The quantitative estimate of drug-likeness (QED) is 0.462. The summed E-state index contributed by atoms with van der Waals surface area (Å²) in [4.78, 5) is 11.6. The number of carboxylic acids is 1. The van der Waals surface area contributed by atoms with E-state index in [0.29, 0.717) is 5.56 Å². The lowest BCUT2D eigenvalue weighted by molar-refractivity contribution is -0.153. The van der Waals surface area contributed by atoms with Crippen molar-refractivity contribution in [2.45, 2.75) is 6.18 Å². The second-order valence-corrected chi connectivity index (χ2v) is 5.21. The highest BCUT2D eigenvalue weighted by Gasteiger charge is 2.29. The standard InChI is InChI=1S/C17H11F3O4.CH4N2/c18-17(19,20)9-23-11-6-7-13-12(8-11)14(16(21)22)15(24-13)10-4-2-1-3-5-10;2-1-3/h1-8H,9H2,(H,21,22);1H,(H3,2,3). The Morgan fingerprint density at radius 3 is 2.41 bits per heavy atom. The third-order valence-electron chi connectivity index (χ3n) is 3.31. The molecular weight excluding hydrogens is 365 g/mol. The highest BCUT2D eigenvalue weighted by atomic mass is 19.4. The zero-order valence-electron chi connectivity index (χ0n) is 13.8. The molecule has 4 N–H and O–H groups in total. The van der Waals surface area contributed by atoms with Crippen LogP contribution >= 0.6 is 0 Å². The molecule has 1 aromatic heterocycles. The monoisotopic (exact) mass is 380 g/mol. The van der Waals surface area contributed by atoms with Gasteiger partial charge in [0.15, 0.2) is 6.61 Å². The molecule has 142 valence electrons. The number of rotatable bonds is 4. The molecule has 9 heteroatoms. The van der Waals surface area contributed by atoms with E-state index >= 15 is 0 Å². The summed E-state index contributed by atoms with van der Waals surface area (Å²) in [5.41, 5.74) is 5.09. The molecule has 3 aromatic rings. The Hall–Kier alpha value is -3.49. The number of nitrogens with one attached hydrogen (secondary N) is 1. The summed E-state index contributed by atoms with van der Waals surface area (Å²) in [6, 6.07) is 12.5. The molecular formula is C18H15F3N2O4. The molecule has 0 spiro atoms. The van der Waals surface area contributed by atoms with Crippen LogP contribution in [0.3, 0.4) is 0 Å². The van der Waals surface area contributed by atoms with E-state index in [2.05, 4.69) is 10.5 Å². The van der Waals surface area contributed by atoms with Gasteiger partial charge in [0.2, 0.25) is 0 Å². The molecule has 0 unspecified atom stereocenters. The summed E-state index contributed by atoms with van der Waals surface area (Å²) in [6.45, 7) is -1.45. The van der Waals surface area contributed by atoms with Crippen LogP contribution in [-0.2, 0) is 0 Å². The van der Waals surface area contributed by atoms with E-state index in [4.69, 9.17) is 9.83 Å². The van der Waals surface area contributed by atoms with Gasteiger partial charge in [-0.25, -0.2) is 4.79 Å². The van der Waals surface area contributed by atoms with Crippen LogP contribution in [0.2, 0.25) is 0 Å². The molecule has 0 aliphatic carbocycles. The summed E-state index contributed by atoms with van der Waals surface area (Å²) >= 11 is 0. The van der Waals surface area contributed by atoms with Gasteiger partial charge in [0, 0.05) is 10.9 Å². The summed E-state index contributed by atoms with van der Waals surface area (Å²) in [6.07, 6.45) is -3.73. The van der Waals surface area contributed by atoms with Crippen molar-refractivity contribution in [1.82, 2.24) is 0 Å². The summed E-state index contributed by atoms with van der Waals surface area (Å²) in [5, 5.41) is 15.5. The average Bonchev–Trinajstić information content (AvgIpc) is 3.00. The summed E-state index contributed by atoms with van der Waals surface area (Å²) in [7, 11) is 0. The van der Waals surface area contributed by atoms with Gasteiger partial charge in [-0.1, -0.05) is 30.3 Å². The van der Waals surface area contributed by atoms with Gasteiger partial charge in [-0.2, -0.15) is 13.2 Å². The number of carboxylic acid groups (broad SMARTS) is 1. The van der Waals surface area contributed by atoms with Crippen LogP contribution in [-0.4, -0.2) is 30.2 Å². The highest BCUT2D eigenvalue weighted by Crippen LogP contribution is 2.35. The number of ether oxygens (including phenoxy) is 1. The Bertz CT molecular complexity index is 937. The van der Waals surface area contributed by atoms with E-state index in [1.807, 2.05) is 0 Å². The number of benzene rings is 2. The van der Waals surface area contributed by atoms with E-state index in [1.54, 1.807) is 30.3 Å². The van der Waals surface area contributed by atoms with Crippen LogP contribution in [0.15, 0.2) is 52.9 Å². The number of furan rings is 1. The van der Waals surface area contributed by atoms with Crippen molar-refractivity contribution < 1.29 is 32.2 Å². The van der Waals surface area contributed by atoms with E-state index in [0.717, 1.165) is 6.34 Å². The maximum absolute atomic E-state index is 12.3. The molecule has 6 nitrogen and oxygen atoms in total. The van der Waals surface area contributed by atoms with Gasteiger partial charge in [0.1, 0.15) is 22.7 Å². The molecule has 0 aliphatic rings. The number of halogens is 3. The van der Waals surface area contributed by atoms with Crippen LogP contribution in [0, 0.1) is 5.41 Å². The first-order valence-corrected chi connectivity index (χ1v) is 7.52. The van der Waals surface area contributed by atoms with Crippen molar-refractivity contribution in [3.63, 3.8) is 0 Å². The largest absolute Gasteiger partial charge is 0.484 e. The Balaban J connectivity index is 0.000000817. The van der Waals surface area contributed by atoms with Crippen LogP contribution in [0.5, 0.6) is 5.75 Å². The predicted octanol–water partition coefficient (Wildman–Crippen LogP) is 4.29. The van der Waals surface area contributed by atoms with Crippen LogP contribution in [0.25, 0.3) is 22.3 Å². The minimum Gasteiger partial charge on any atom is -0.484 e. The van der Waals surface area contributed by atoms with Gasteiger partial charge >= 0.3 is 12.1 Å². The van der Waals surface area contributed by atoms with Crippen LogP contribution in [0.4, 0.5) is 13.2 Å². The third kappa shape index (κ3) is 5.00. The van der Waals surface area contributed by atoms with Gasteiger partial charge in [0.05, 0.1) is 6.34 Å². The molecule has 0 saturated heterocycles. The first-order chi connectivity index (χ1) is 12.8. The first-order valence-electron chi connectivity index (χ1n) is 7.52. The summed E-state index contributed by atoms with van der Waals surface area (Å²) in [5.74, 6) is -1.17. The number of aromatic carboxylic acids is 1.